The Morgan fingerprint density at radius 3 is 2.76 bits per heavy atom. The number of ether oxygens (including phenoxy) is 1. The molecule has 1 aromatic carbocycles. The van der Waals surface area contributed by atoms with Gasteiger partial charge < -0.3 is 10.5 Å². The lowest BCUT2D eigenvalue weighted by Crippen LogP contribution is -2.25. The van der Waals surface area contributed by atoms with E-state index in [0.717, 1.165) is 0 Å². The van der Waals surface area contributed by atoms with Crippen LogP contribution in [0.2, 0.25) is 10.2 Å². The molecule has 2 heterocycles. The lowest BCUT2D eigenvalue weighted by molar-refractivity contribution is 0.183. The molecular formula is C15H13Cl2N5O2S. The van der Waals surface area contributed by atoms with Crippen LogP contribution in [0.25, 0.3) is 22.2 Å². The fourth-order valence-electron chi connectivity index (χ4n) is 2.41. The molecule has 0 saturated heterocycles. The van der Waals surface area contributed by atoms with Crippen molar-refractivity contribution in [3.63, 3.8) is 0 Å². The molecule has 2 aromatic heterocycles. The summed E-state index contributed by atoms with van der Waals surface area (Å²) in [5.41, 5.74) is 6.80. The van der Waals surface area contributed by atoms with Gasteiger partial charge in [-0.2, -0.15) is 0 Å². The number of aromatic nitrogens is 4. The van der Waals surface area contributed by atoms with Crippen molar-refractivity contribution in [2.24, 2.45) is 0 Å². The highest BCUT2D eigenvalue weighted by Gasteiger charge is 2.18. The molecule has 3 aromatic rings. The second-order valence-electron chi connectivity index (χ2n) is 5.11. The first-order chi connectivity index (χ1) is 11.9. The van der Waals surface area contributed by atoms with E-state index >= 15 is 0 Å². The molecule has 0 aliphatic rings. The van der Waals surface area contributed by atoms with E-state index < -0.39 is 0 Å². The summed E-state index contributed by atoms with van der Waals surface area (Å²) in [6.45, 7) is 0.647. The number of halogens is 2. The summed E-state index contributed by atoms with van der Waals surface area (Å²) in [5, 5.41) is 0.896. The summed E-state index contributed by atoms with van der Waals surface area (Å²) in [4.78, 5) is 25.3. The van der Waals surface area contributed by atoms with E-state index in [9.17, 15) is 4.79 Å². The Bertz CT molecular complexity index is 1020. The van der Waals surface area contributed by atoms with Crippen molar-refractivity contribution in [2.75, 3.05) is 19.5 Å². The Kier molecular flexibility index (Phi) is 5.14. The molecule has 2 N–H and O–H groups in total. The number of benzene rings is 1. The Hall–Kier alpha value is -1.87. The monoisotopic (exact) mass is 397 g/mol. The zero-order chi connectivity index (χ0) is 18.1. The van der Waals surface area contributed by atoms with E-state index in [4.69, 9.17) is 33.7 Å². The van der Waals surface area contributed by atoms with Crippen molar-refractivity contribution in [2.45, 2.75) is 11.7 Å². The normalized spacial score (nSPS) is 11.2. The molecule has 0 amide bonds. The van der Waals surface area contributed by atoms with E-state index in [1.54, 1.807) is 19.2 Å². The van der Waals surface area contributed by atoms with Crippen LogP contribution in [0.1, 0.15) is 0 Å². The molecule has 0 unspecified atom stereocenters. The highest BCUT2D eigenvalue weighted by atomic mass is 35.5. The quantitative estimate of drug-likeness (QED) is 0.518. The summed E-state index contributed by atoms with van der Waals surface area (Å²) in [7, 11) is 1.55. The predicted octanol–water partition coefficient (Wildman–Crippen LogP) is 2.68. The average molecular weight is 398 g/mol. The fourth-order valence-corrected chi connectivity index (χ4v) is 3.18. The molecule has 7 nitrogen and oxygen atoms in total. The standard InChI is InChI=1S/C15H13Cl2N5O2S/c1-24-5-4-22-14(23)10-8(20-15(22)25)3-2-7(11(10)17)12-13(18)21-9(16)6-19-12/h2-3,6H,4-5H2,1H3,(H2,18,21)(H,20,25). The van der Waals surface area contributed by atoms with Gasteiger partial charge in [-0.25, -0.2) is 15.0 Å². The summed E-state index contributed by atoms with van der Waals surface area (Å²) in [5.74, 6) is 0.118. The number of nitrogen functional groups attached to an aromatic ring is 1. The third-order valence-electron chi connectivity index (χ3n) is 3.59. The van der Waals surface area contributed by atoms with Gasteiger partial charge in [0.25, 0.3) is 5.56 Å². The number of methoxy groups -OCH3 is 1. The molecule has 0 spiro atoms. The van der Waals surface area contributed by atoms with Gasteiger partial charge >= 0.3 is 0 Å². The number of rotatable bonds is 4. The van der Waals surface area contributed by atoms with Crippen molar-refractivity contribution in [1.29, 1.82) is 0 Å². The Balaban J connectivity index is 2.27. The highest BCUT2D eigenvalue weighted by molar-refractivity contribution is 7.80. The molecule has 0 atom stereocenters. The van der Waals surface area contributed by atoms with Gasteiger partial charge in [-0.15, -0.1) is 12.6 Å². The van der Waals surface area contributed by atoms with Gasteiger partial charge in [-0.1, -0.05) is 23.2 Å². The zero-order valence-corrected chi connectivity index (χ0v) is 15.4. The van der Waals surface area contributed by atoms with Crippen LogP contribution in [0, 0.1) is 0 Å². The average Bonchev–Trinajstić information content (AvgIpc) is 2.55. The summed E-state index contributed by atoms with van der Waals surface area (Å²) >= 11 is 16.5. The SMILES string of the molecule is COCCn1c(S)nc2ccc(-c3ncc(Cl)nc3N)c(Cl)c2c1=O. The number of hydrogen-bond acceptors (Lipinski definition) is 7. The maximum atomic E-state index is 12.8. The van der Waals surface area contributed by atoms with Crippen LogP contribution in [-0.4, -0.2) is 33.2 Å². The number of anilines is 1. The number of nitrogens with two attached hydrogens (primary N) is 1. The Morgan fingerprint density at radius 1 is 1.32 bits per heavy atom. The van der Waals surface area contributed by atoms with Crippen LogP contribution in [0.5, 0.6) is 0 Å². The maximum Gasteiger partial charge on any atom is 0.263 e. The van der Waals surface area contributed by atoms with Gasteiger partial charge in [0.2, 0.25) is 0 Å². The zero-order valence-electron chi connectivity index (χ0n) is 13.0. The molecule has 0 aliphatic heterocycles. The number of thiol groups is 1. The molecule has 10 heteroatoms. The molecule has 25 heavy (non-hydrogen) atoms. The topological polar surface area (TPSA) is 95.9 Å². The van der Waals surface area contributed by atoms with Gasteiger partial charge in [-0.3, -0.25) is 9.36 Å². The molecule has 0 saturated carbocycles. The molecule has 3 rings (SSSR count). The minimum Gasteiger partial charge on any atom is -0.383 e. The second kappa shape index (κ2) is 7.17. The molecule has 0 fully saturated rings. The van der Waals surface area contributed by atoms with Gasteiger partial charge in [-0.05, 0) is 12.1 Å². The van der Waals surface area contributed by atoms with E-state index in [-0.39, 0.29) is 32.1 Å². The van der Waals surface area contributed by atoms with Crippen molar-refractivity contribution in [3.05, 3.63) is 38.9 Å². The minimum atomic E-state index is -0.320. The van der Waals surface area contributed by atoms with Gasteiger partial charge in [0, 0.05) is 12.7 Å². The molecule has 0 aliphatic carbocycles. The van der Waals surface area contributed by atoms with E-state index in [2.05, 4.69) is 27.6 Å². The number of fused-ring (bicyclic) bond motifs is 1. The first-order valence-corrected chi connectivity index (χ1v) is 8.33. The van der Waals surface area contributed by atoms with Crippen LogP contribution in [0.3, 0.4) is 0 Å². The van der Waals surface area contributed by atoms with Gasteiger partial charge in [0.15, 0.2) is 11.0 Å². The lowest BCUT2D eigenvalue weighted by Gasteiger charge is -2.12. The second-order valence-corrected chi connectivity index (χ2v) is 6.27. The third kappa shape index (κ3) is 3.30. The van der Waals surface area contributed by atoms with Crippen molar-refractivity contribution in [1.82, 2.24) is 19.5 Å². The Morgan fingerprint density at radius 2 is 2.08 bits per heavy atom. The molecular weight excluding hydrogens is 385 g/mol. The van der Waals surface area contributed by atoms with Crippen LogP contribution in [-0.2, 0) is 11.3 Å². The van der Waals surface area contributed by atoms with E-state index in [0.29, 0.717) is 29.9 Å². The molecule has 0 radical (unpaired) electrons. The first-order valence-electron chi connectivity index (χ1n) is 7.13. The number of nitrogens with zero attached hydrogens (tertiary/aromatic N) is 4. The van der Waals surface area contributed by atoms with Crippen LogP contribution in [0.15, 0.2) is 28.3 Å². The minimum absolute atomic E-state index is 0.118. The maximum absolute atomic E-state index is 12.8. The largest absolute Gasteiger partial charge is 0.383 e. The van der Waals surface area contributed by atoms with Crippen LogP contribution in [0.4, 0.5) is 5.82 Å². The van der Waals surface area contributed by atoms with Gasteiger partial charge in [0.1, 0.15) is 10.8 Å². The third-order valence-corrected chi connectivity index (χ3v) is 4.50. The van der Waals surface area contributed by atoms with Crippen molar-refractivity contribution in [3.8, 4) is 11.3 Å². The molecule has 0 bridgehead atoms. The van der Waals surface area contributed by atoms with Gasteiger partial charge in [0.05, 0.1) is 35.3 Å². The summed E-state index contributed by atoms with van der Waals surface area (Å²) < 4.78 is 6.41. The summed E-state index contributed by atoms with van der Waals surface area (Å²) in [6, 6.07) is 3.34. The smallest absolute Gasteiger partial charge is 0.263 e. The summed E-state index contributed by atoms with van der Waals surface area (Å²) in [6.07, 6.45) is 1.36. The van der Waals surface area contributed by atoms with E-state index in [1.165, 1.54) is 10.8 Å². The Labute approximate surface area is 158 Å². The predicted molar refractivity (Wildman–Crippen MR) is 101 cm³/mol. The number of hydrogen-bond donors (Lipinski definition) is 2. The van der Waals surface area contributed by atoms with Crippen LogP contribution >= 0.6 is 35.8 Å². The van der Waals surface area contributed by atoms with Crippen molar-refractivity contribution >= 4 is 52.6 Å². The lowest BCUT2D eigenvalue weighted by atomic mass is 10.1. The van der Waals surface area contributed by atoms with Crippen LogP contribution < -0.4 is 11.3 Å². The van der Waals surface area contributed by atoms with Crippen molar-refractivity contribution < 1.29 is 4.74 Å². The molecule has 130 valence electrons. The fraction of sp³-hybridized carbons (Fsp3) is 0.200. The highest BCUT2D eigenvalue weighted by Crippen LogP contribution is 2.34. The van der Waals surface area contributed by atoms with E-state index in [1.807, 2.05) is 0 Å². The first kappa shape index (κ1) is 17.9.